The fourth-order valence-corrected chi connectivity index (χ4v) is 3.02. The van der Waals surface area contributed by atoms with Crippen LogP contribution in [0.2, 0.25) is 0 Å². The number of rotatable bonds is 5. The van der Waals surface area contributed by atoms with E-state index in [9.17, 15) is 29.9 Å². The van der Waals surface area contributed by atoms with Gasteiger partial charge in [0.25, 0.3) is 5.69 Å². The molecule has 138 valence electrons. The van der Waals surface area contributed by atoms with Gasteiger partial charge in [0, 0.05) is 24.5 Å². The van der Waals surface area contributed by atoms with Crippen LogP contribution in [0.5, 0.6) is 11.5 Å². The number of hydrogen-bond acceptors (Lipinski definition) is 7. The molecular formula is C19H15NO7. The summed E-state index contributed by atoms with van der Waals surface area (Å²) < 4.78 is 5.17. The van der Waals surface area contributed by atoms with Gasteiger partial charge in [-0.2, -0.15) is 0 Å². The molecule has 0 radical (unpaired) electrons. The molecule has 3 aromatic rings. The minimum Gasteiger partial charge on any atom is -0.507 e. The van der Waals surface area contributed by atoms with Crippen molar-refractivity contribution in [3.63, 3.8) is 0 Å². The van der Waals surface area contributed by atoms with E-state index in [-0.39, 0.29) is 40.2 Å². The van der Waals surface area contributed by atoms with E-state index in [0.717, 1.165) is 0 Å². The van der Waals surface area contributed by atoms with E-state index in [0.29, 0.717) is 5.56 Å². The van der Waals surface area contributed by atoms with E-state index in [1.54, 1.807) is 0 Å². The van der Waals surface area contributed by atoms with Gasteiger partial charge in [-0.15, -0.1) is 0 Å². The van der Waals surface area contributed by atoms with Gasteiger partial charge in [0.05, 0.1) is 15.9 Å². The van der Waals surface area contributed by atoms with Gasteiger partial charge in [0.2, 0.25) is 0 Å². The number of carbonyl (C=O) groups is 1. The first kappa shape index (κ1) is 18.1. The lowest BCUT2D eigenvalue weighted by atomic mass is 9.87. The van der Waals surface area contributed by atoms with Gasteiger partial charge < -0.3 is 14.6 Å². The summed E-state index contributed by atoms with van der Waals surface area (Å²) in [6, 6.07) is 9.63. The molecule has 0 saturated carbocycles. The van der Waals surface area contributed by atoms with Crippen LogP contribution in [-0.2, 0) is 4.79 Å². The Labute approximate surface area is 152 Å². The average Bonchev–Trinajstić information content (AvgIpc) is 2.61. The standard InChI is InChI=1S/C19H15NO7/c1-10(21)9-14(11-5-7-12(8-6-11)20(25)26)16-17(23)13-3-2-4-15(22)18(13)27-19(16)24/h2-8,14,22-23H,9H2,1H3. The molecule has 0 fully saturated rings. The molecule has 0 aliphatic heterocycles. The highest BCUT2D eigenvalue weighted by Gasteiger charge is 2.27. The summed E-state index contributed by atoms with van der Waals surface area (Å²) in [5, 5.41) is 31.4. The number of carbonyl (C=O) groups excluding carboxylic acids is 1. The Balaban J connectivity index is 2.23. The van der Waals surface area contributed by atoms with E-state index in [4.69, 9.17) is 4.42 Å². The summed E-state index contributed by atoms with van der Waals surface area (Å²) >= 11 is 0. The normalized spacial score (nSPS) is 12.0. The van der Waals surface area contributed by atoms with E-state index in [1.165, 1.54) is 49.4 Å². The maximum Gasteiger partial charge on any atom is 0.343 e. The molecule has 8 heteroatoms. The summed E-state index contributed by atoms with van der Waals surface area (Å²) in [5.41, 5.74) is -0.893. The average molecular weight is 369 g/mol. The minimum absolute atomic E-state index is 0.111. The van der Waals surface area contributed by atoms with Crippen molar-refractivity contribution in [2.75, 3.05) is 0 Å². The number of aromatic hydroxyl groups is 2. The van der Waals surface area contributed by atoms with Crippen molar-refractivity contribution in [3.05, 3.63) is 74.1 Å². The third-order valence-corrected chi connectivity index (χ3v) is 4.27. The Morgan fingerprint density at radius 3 is 2.44 bits per heavy atom. The fourth-order valence-electron chi connectivity index (χ4n) is 3.02. The molecule has 0 spiro atoms. The second kappa shape index (κ2) is 6.91. The van der Waals surface area contributed by atoms with Crippen LogP contribution in [-0.4, -0.2) is 20.9 Å². The van der Waals surface area contributed by atoms with Gasteiger partial charge in [0.1, 0.15) is 11.5 Å². The molecule has 0 bridgehead atoms. The third kappa shape index (κ3) is 3.37. The molecule has 0 saturated heterocycles. The number of nitro benzene ring substituents is 1. The molecule has 8 nitrogen and oxygen atoms in total. The fraction of sp³-hybridized carbons (Fsp3) is 0.158. The maximum atomic E-state index is 12.5. The zero-order chi connectivity index (χ0) is 19.7. The number of para-hydroxylation sites is 1. The number of nitrogens with zero attached hydrogens (tertiary/aromatic N) is 1. The van der Waals surface area contributed by atoms with Crippen LogP contribution in [0.25, 0.3) is 11.0 Å². The van der Waals surface area contributed by atoms with E-state index < -0.39 is 22.2 Å². The Bertz CT molecular complexity index is 1100. The quantitative estimate of drug-likeness (QED) is 0.401. The summed E-state index contributed by atoms with van der Waals surface area (Å²) in [6.45, 7) is 1.34. The topological polar surface area (TPSA) is 131 Å². The van der Waals surface area contributed by atoms with Crippen molar-refractivity contribution in [2.24, 2.45) is 0 Å². The molecule has 1 heterocycles. The summed E-state index contributed by atoms with van der Waals surface area (Å²) in [5.74, 6) is -1.80. The van der Waals surface area contributed by atoms with Gasteiger partial charge in [-0.3, -0.25) is 14.9 Å². The zero-order valence-corrected chi connectivity index (χ0v) is 14.2. The van der Waals surface area contributed by atoms with Gasteiger partial charge in [0.15, 0.2) is 11.3 Å². The van der Waals surface area contributed by atoms with Crippen LogP contribution in [0, 0.1) is 10.1 Å². The summed E-state index contributed by atoms with van der Waals surface area (Å²) in [7, 11) is 0. The van der Waals surface area contributed by atoms with E-state index >= 15 is 0 Å². The lowest BCUT2D eigenvalue weighted by molar-refractivity contribution is -0.384. The predicted molar refractivity (Wildman–Crippen MR) is 96.1 cm³/mol. The smallest absolute Gasteiger partial charge is 0.343 e. The Morgan fingerprint density at radius 2 is 1.85 bits per heavy atom. The van der Waals surface area contributed by atoms with Crippen molar-refractivity contribution in [3.8, 4) is 11.5 Å². The molecule has 1 atom stereocenters. The number of non-ortho nitro benzene ring substituents is 1. The largest absolute Gasteiger partial charge is 0.507 e. The summed E-state index contributed by atoms with van der Waals surface area (Å²) in [4.78, 5) is 34.6. The monoisotopic (exact) mass is 369 g/mol. The SMILES string of the molecule is CC(=O)CC(c1ccc([N+](=O)[O-])cc1)c1c(O)c2cccc(O)c2oc1=O. The highest BCUT2D eigenvalue weighted by molar-refractivity contribution is 5.89. The van der Waals surface area contributed by atoms with E-state index in [1.807, 2.05) is 0 Å². The van der Waals surface area contributed by atoms with Crippen LogP contribution in [0.4, 0.5) is 5.69 Å². The first-order chi connectivity index (χ1) is 12.8. The second-order valence-electron chi connectivity index (χ2n) is 6.11. The molecule has 2 N–H and O–H groups in total. The Hall–Kier alpha value is -3.68. The zero-order valence-electron chi connectivity index (χ0n) is 14.2. The number of phenols is 1. The molecular weight excluding hydrogens is 354 g/mol. The molecule has 0 aliphatic carbocycles. The lowest BCUT2D eigenvalue weighted by Gasteiger charge is -2.17. The molecule has 1 aromatic heterocycles. The molecule has 0 amide bonds. The third-order valence-electron chi connectivity index (χ3n) is 4.27. The Kier molecular flexibility index (Phi) is 4.64. The Morgan fingerprint density at radius 1 is 1.19 bits per heavy atom. The molecule has 1 unspecified atom stereocenters. The second-order valence-corrected chi connectivity index (χ2v) is 6.11. The minimum atomic E-state index is -0.897. The molecule has 0 aliphatic rings. The highest BCUT2D eigenvalue weighted by Crippen LogP contribution is 2.38. The number of hydrogen-bond donors (Lipinski definition) is 2. The van der Waals surface area contributed by atoms with Crippen LogP contribution < -0.4 is 5.63 Å². The first-order valence-corrected chi connectivity index (χ1v) is 8.01. The lowest BCUT2D eigenvalue weighted by Crippen LogP contribution is -2.16. The summed E-state index contributed by atoms with van der Waals surface area (Å²) in [6.07, 6.45) is -0.111. The number of phenolic OH excluding ortho intramolecular Hbond substituents is 1. The predicted octanol–water partition coefficient (Wildman–Crippen LogP) is 3.22. The first-order valence-electron chi connectivity index (χ1n) is 8.01. The van der Waals surface area contributed by atoms with Gasteiger partial charge in [-0.05, 0) is 24.6 Å². The van der Waals surface area contributed by atoms with Crippen LogP contribution in [0.3, 0.4) is 0 Å². The number of nitro groups is 1. The number of Topliss-reactive ketones (excluding diaryl/α,β-unsaturated/α-hetero) is 1. The van der Waals surface area contributed by atoms with E-state index in [2.05, 4.69) is 0 Å². The van der Waals surface area contributed by atoms with Crippen molar-refractivity contribution in [1.82, 2.24) is 0 Å². The van der Waals surface area contributed by atoms with Crippen molar-refractivity contribution in [2.45, 2.75) is 19.3 Å². The van der Waals surface area contributed by atoms with Crippen LogP contribution in [0.15, 0.2) is 51.7 Å². The maximum absolute atomic E-state index is 12.5. The molecule has 2 aromatic carbocycles. The van der Waals surface area contributed by atoms with Gasteiger partial charge in [-0.1, -0.05) is 18.2 Å². The number of benzene rings is 2. The van der Waals surface area contributed by atoms with Crippen molar-refractivity contribution in [1.29, 1.82) is 0 Å². The van der Waals surface area contributed by atoms with Gasteiger partial charge >= 0.3 is 5.63 Å². The van der Waals surface area contributed by atoms with Crippen molar-refractivity contribution < 1.29 is 24.3 Å². The van der Waals surface area contributed by atoms with Crippen LogP contribution in [0.1, 0.15) is 30.4 Å². The van der Waals surface area contributed by atoms with Gasteiger partial charge in [-0.25, -0.2) is 4.79 Å². The molecule has 27 heavy (non-hydrogen) atoms. The number of ketones is 1. The molecule has 3 rings (SSSR count). The van der Waals surface area contributed by atoms with Crippen LogP contribution >= 0.6 is 0 Å². The highest BCUT2D eigenvalue weighted by atomic mass is 16.6. The van der Waals surface area contributed by atoms with Crippen molar-refractivity contribution >= 4 is 22.4 Å². The number of fused-ring (bicyclic) bond motifs is 1.